The molecule has 5 heteroatoms. The number of hydrogen-bond acceptors (Lipinski definition) is 5. The minimum Gasteiger partial charge on any atom is -0.455 e. The van der Waals surface area contributed by atoms with Crippen LogP contribution in [0.3, 0.4) is 0 Å². The molecule has 0 saturated carbocycles. The van der Waals surface area contributed by atoms with Gasteiger partial charge in [-0.1, -0.05) is 176 Å². The molecule has 9 aromatic carbocycles. The Balaban J connectivity index is 0.935. The number of aromatic nitrogens is 3. The average molecular weight is 818 g/mol. The van der Waals surface area contributed by atoms with E-state index in [4.69, 9.17) is 23.8 Å². The van der Waals surface area contributed by atoms with E-state index in [-0.39, 0.29) is 0 Å². The topological polar surface area (TPSA) is 65.0 Å². The molecule has 64 heavy (non-hydrogen) atoms. The summed E-state index contributed by atoms with van der Waals surface area (Å²) in [7, 11) is 0. The van der Waals surface area contributed by atoms with E-state index in [0.717, 1.165) is 127 Å². The van der Waals surface area contributed by atoms with Gasteiger partial charge in [0.05, 0.1) is 22.5 Å². The van der Waals surface area contributed by atoms with Crippen molar-refractivity contribution in [3.63, 3.8) is 0 Å². The van der Waals surface area contributed by atoms with Crippen LogP contribution >= 0.6 is 0 Å². The Morgan fingerprint density at radius 2 is 0.891 bits per heavy atom. The number of para-hydroxylation sites is 3. The van der Waals surface area contributed by atoms with Crippen LogP contribution in [0.15, 0.2) is 221 Å². The molecule has 0 N–H and O–H groups in total. The molecule has 0 unspecified atom stereocenters. The van der Waals surface area contributed by atoms with Crippen molar-refractivity contribution in [1.82, 2.24) is 15.0 Å². The molecular weight excluding hydrogens is 783 g/mol. The van der Waals surface area contributed by atoms with Crippen LogP contribution in [0.25, 0.3) is 133 Å². The fraction of sp³-hybridized carbons (Fsp3) is 0. The maximum Gasteiger partial charge on any atom is 0.164 e. The number of pyridine rings is 1. The summed E-state index contributed by atoms with van der Waals surface area (Å²) in [5.41, 5.74) is 15.1. The Labute approximate surface area is 367 Å². The lowest BCUT2D eigenvalue weighted by Gasteiger charge is -2.14. The van der Waals surface area contributed by atoms with Gasteiger partial charge in [-0.2, -0.15) is 0 Å². The SMILES string of the molecule is c1ccc(-c2ccc3oc4c(-c5nc(-c6ccccc6)cc(-c6ccc(-c7ccc(-c8nc9ccccc9c9c8oc8ccccc89)cc7)c7ccccc67)n5)cccc4c3c2)cc1. The Kier molecular flexibility index (Phi) is 8.15. The van der Waals surface area contributed by atoms with Crippen molar-refractivity contribution in [2.24, 2.45) is 0 Å². The first kappa shape index (κ1) is 36.0. The zero-order chi connectivity index (χ0) is 42.1. The number of furan rings is 2. The van der Waals surface area contributed by atoms with Gasteiger partial charge in [0.25, 0.3) is 0 Å². The van der Waals surface area contributed by atoms with Crippen molar-refractivity contribution in [1.29, 1.82) is 0 Å². The third kappa shape index (κ3) is 5.83. The van der Waals surface area contributed by atoms with E-state index in [9.17, 15) is 0 Å². The van der Waals surface area contributed by atoms with Crippen molar-refractivity contribution in [2.75, 3.05) is 0 Å². The third-order valence-electron chi connectivity index (χ3n) is 12.5. The summed E-state index contributed by atoms with van der Waals surface area (Å²) in [4.78, 5) is 15.7. The zero-order valence-corrected chi connectivity index (χ0v) is 34.4. The van der Waals surface area contributed by atoms with Crippen LogP contribution in [0, 0.1) is 0 Å². The molecule has 298 valence electrons. The van der Waals surface area contributed by atoms with Gasteiger partial charge in [0, 0.05) is 43.6 Å². The monoisotopic (exact) mass is 817 g/mol. The first-order valence-electron chi connectivity index (χ1n) is 21.5. The highest BCUT2D eigenvalue weighted by atomic mass is 16.3. The van der Waals surface area contributed by atoms with Crippen molar-refractivity contribution < 1.29 is 8.83 Å². The van der Waals surface area contributed by atoms with Gasteiger partial charge in [-0.3, -0.25) is 0 Å². The fourth-order valence-corrected chi connectivity index (χ4v) is 9.46. The van der Waals surface area contributed by atoms with E-state index in [2.05, 4.69) is 170 Å². The number of fused-ring (bicyclic) bond motifs is 9. The largest absolute Gasteiger partial charge is 0.455 e. The zero-order valence-electron chi connectivity index (χ0n) is 34.4. The number of hydrogen-bond donors (Lipinski definition) is 0. The molecule has 0 radical (unpaired) electrons. The van der Waals surface area contributed by atoms with Gasteiger partial charge in [-0.25, -0.2) is 15.0 Å². The fourth-order valence-electron chi connectivity index (χ4n) is 9.46. The van der Waals surface area contributed by atoms with E-state index >= 15 is 0 Å². The van der Waals surface area contributed by atoms with Gasteiger partial charge in [-0.15, -0.1) is 0 Å². The number of rotatable bonds is 6. The minimum atomic E-state index is 0.605. The van der Waals surface area contributed by atoms with E-state index in [1.807, 2.05) is 42.5 Å². The maximum atomic E-state index is 6.66. The molecule has 0 bridgehead atoms. The Hall–Kier alpha value is -8.67. The predicted molar refractivity (Wildman–Crippen MR) is 262 cm³/mol. The van der Waals surface area contributed by atoms with Crippen molar-refractivity contribution >= 4 is 65.6 Å². The second-order valence-electron chi connectivity index (χ2n) is 16.3. The highest BCUT2D eigenvalue weighted by molar-refractivity contribution is 6.21. The maximum absolute atomic E-state index is 6.66. The lowest BCUT2D eigenvalue weighted by atomic mass is 9.92. The van der Waals surface area contributed by atoms with Crippen LogP contribution in [-0.2, 0) is 0 Å². The van der Waals surface area contributed by atoms with Crippen molar-refractivity contribution in [2.45, 2.75) is 0 Å². The average Bonchev–Trinajstić information content (AvgIpc) is 3.95. The van der Waals surface area contributed by atoms with Gasteiger partial charge in [0.15, 0.2) is 11.4 Å². The smallest absolute Gasteiger partial charge is 0.164 e. The van der Waals surface area contributed by atoms with E-state index in [0.29, 0.717) is 5.82 Å². The van der Waals surface area contributed by atoms with Gasteiger partial charge in [0.2, 0.25) is 0 Å². The molecule has 5 nitrogen and oxygen atoms in total. The highest BCUT2D eigenvalue weighted by Gasteiger charge is 2.21. The van der Waals surface area contributed by atoms with Gasteiger partial charge in [-0.05, 0) is 69.4 Å². The van der Waals surface area contributed by atoms with E-state index in [1.165, 1.54) is 0 Å². The normalized spacial score (nSPS) is 11.8. The summed E-state index contributed by atoms with van der Waals surface area (Å²) >= 11 is 0. The number of nitrogens with zero attached hydrogens (tertiary/aromatic N) is 3. The molecule has 0 amide bonds. The Morgan fingerprint density at radius 1 is 0.297 bits per heavy atom. The van der Waals surface area contributed by atoms with Crippen LogP contribution in [0.4, 0.5) is 0 Å². The van der Waals surface area contributed by atoms with Crippen molar-refractivity contribution in [3.8, 4) is 67.4 Å². The number of benzene rings is 9. The summed E-state index contributed by atoms with van der Waals surface area (Å²) in [5.74, 6) is 0.605. The van der Waals surface area contributed by atoms with Gasteiger partial charge >= 0.3 is 0 Å². The lowest BCUT2D eigenvalue weighted by Crippen LogP contribution is -1.97. The first-order chi connectivity index (χ1) is 31.7. The lowest BCUT2D eigenvalue weighted by molar-refractivity contribution is 0.668. The van der Waals surface area contributed by atoms with Crippen LogP contribution in [-0.4, -0.2) is 15.0 Å². The van der Waals surface area contributed by atoms with E-state index < -0.39 is 0 Å². The molecule has 0 saturated heterocycles. The molecule has 4 heterocycles. The van der Waals surface area contributed by atoms with Gasteiger partial charge in [0.1, 0.15) is 22.4 Å². The van der Waals surface area contributed by atoms with Crippen molar-refractivity contribution in [3.05, 3.63) is 212 Å². The summed E-state index contributed by atoms with van der Waals surface area (Å²) in [6, 6.07) is 73.8. The first-order valence-corrected chi connectivity index (χ1v) is 21.5. The molecule has 0 aliphatic rings. The molecule has 0 fully saturated rings. The second kappa shape index (κ2) is 14.5. The molecule has 0 spiro atoms. The minimum absolute atomic E-state index is 0.605. The van der Waals surface area contributed by atoms with Gasteiger partial charge < -0.3 is 8.83 Å². The molecule has 0 aliphatic heterocycles. The van der Waals surface area contributed by atoms with Crippen LogP contribution in [0.1, 0.15) is 0 Å². The molecular formula is C59H35N3O2. The highest BCUT2D eigenvalue weighted by Crippen LogP contribution is 2.42. The Morgan fingerprint density at radius 3 is 1.70 bits per heavy atom. The summed E-state index contributed by atoms with van der Waals surface area (Å²) in [5, 5.41) is 7.59. The summed E-state index contributed by atoms with van der Waals surface area (Å²) < 4.78 is 13.2. The molecule has 13 aromatic rings. The predicted octanol–water partition coefficient (Wildman–Crippen LogP) is 16.0. The van der Waals surface area contributed by atoms with Crippen LogP contribution in [0.5, 0.6) is 0 Å². The van der Waals surface area contributed by atoms with Crippen LogP contribution < -0.4 is 0 Å². The van der Waals surface area contributed by atoms with Crippen LogP contribution in [0.2, 0.25) is 0 Å². The van der Waals surface area contributed by atoms with E-state index in [1.54, 1.807) is 0 Å². The summed E-state index contributed by atoms with van der Waals surface area (Å²) in [6.07, 6.45) is 0. The Bertz CT molecular complexity index is 3950. The molecule has 0 atom stereocenters. The molecule has 0 aliphatic carbocycles. The molecule has 4 aromatic heterocycles. The second-order valence-corrected chi connectivity index (χ2v) is 16.3. The standard InChI is InChI=1S/C59H35N3O2/c1-3-14-36(15-4-1)40-30-33-54-49(34-40)45-22-13-23-48(57(45)63-54)59-61-51(38-16-5-2-6-17-38)35-52(62-59)44-32-31-41(42-18-7-8-19-43(42)44)37-26-28-39(29-27-37)56-58-55(46-20-9-11-24-50(46)60-56)47-21-10-12-25-53(47)64-58/h1-35H. The summed E-state index contributed by atoms with van der Waals surface area (Å²) in [6.45, 7) is 0. The quantitative estimate of drug-likeness (QED) is 0.167. The third-order valence-corrected chi connectivity index (χ3v) is 12.5. The molecule has 13 rings (SSSR count).